The third-order valence-electron chi connectivity index (χ3n) is 4.37. The largest absolute Gasteiger partial charge is 0.379 e. The lowest BCUT2D eigenvalue weighted by atomic mass is 9.89. The topological polar surface area (TPSA) is 61.8 Å². The molecule has 2 N–H and O–H groups in total. The van der Waals surface area contributed by atoms with Gasteiger partial charge in [0, 0.05) is 39.5 Å². The molecule has 0 bridgehead atoms. The van der Waals surface area contributed by atoms with E-state index < -0.39 is 0 Å². The fourth-order valence-corrected chi connectivity index (χ4v) is 2.69. The molecule has 0 aromatic carbocycles. The molecule has 1 unspecified atom stereocenters. The molecule has 1 heterocycles. The number of pyridine rings is 1. The van der Waals surface area contributed by atoms with Crippen molar-refractivity contribution in [2.75, 3.05) is 38.2 Å². The summed E-state index contributed by atoms with van der Waals surface area (Å²) in [6, 6.07) is 4.17. The van der Waals surface area contributed by atoms with Crippen molar-refractivity contribution < 1.29 is 4.74 Å². The molecule has 1 atom stereocenters. The number of aliphatic imine (C=N–C) groups is 1. The standard InChI is InChI=1S/C20H37N5O.HI/c1-8-21-19(24-15-17(26-7)20(4,5)6)23-14-16-11-12-18(22-13-16)25(9-2)10-3;/h11-13,17H,8-10,14-15H2,1-7H3,(H2,21,23,24);1H. The van der Waals surface area contributed by atoms with Crippen LogP contribution in [0.25, 0.3) is 0 Å². The van der Waals surface area contributed by atoms with Gasteiger partial charge in [-0.25, -0.2) is 9.98 Å². The number of ether oxygens (including phenoxy) is 1. The lowest BCUT2D eigenvalue weighted by molar-refractivity contribution is 0.0205. The van der Waals surface area contributed by atoms with Crippen LogP contribution in [0.1, 0.15) is 47.1 Å². The van der Waals surface area contributed by atoms with E-state index in [4.69, 9.17) is 4.74 Å². The van der Waals surface area contributed by atoms with Gasteiger partial charge in [-0.1, -0.05) is 26.8 Å². The van der Waals surface area contributed by atoms with Crippen LogP contribution in [0.4, 0.5) is 5.82 Å². The van der Waals surface area contributed by atoms with Crippen LogP contribution in [-0.4, -0.2) is 50.3 Å². The first-order valence-electron chi connectivity index (χ1n) is 9.60. The summed E-state index contributed by atoms with van der Waals surface area (Å²) in [4.78, 5) is 11.5. The Morgan fingerprint density at radius 1 is 1.19 bits per heavy atom. The fraction of sp³-hybridized carbons (Fsp3) is 0.700. The zero-order chi connectivity index (χ0) is 19.6. The first kappa shape index (κ1) is 25.9. The minimum Gasteiger partial charge on any atom is -0.379 e. The number of methoxy groups -OCH3 is 1. The molecule has 0 radical (unpaired) electrons. The summed E-state index contributed by atoms with van der Waals surface area (Å²) in [6.07, 6.45) is 2.02. The van der Waals surface area contributed by atoms with Gasteiger partial charge in [0.1, 0.15) is 5.82 Å². The molecule has 0 saturated carbocycles. The molecule has 1 aromatic rings. The number of rotatable bonds is 9. The highest BCUT2D eigenvalue weighted by Crippen LogP contribution is 2.20. The van der Waals surface area contributed by atoms with E-state index in [2.05, 4.69) is 79.2 Å². The van der Waals surface area contributed by atoms with Crippen molar-refractivity contribution in [3.63, 3.8) is 0 Å². The Labute approximate surface area is 182 Å². The number of anilines is 1. The molecule has 1 rings (SSSR count). The van der Waals surface area contributed by atoms with Gasteiger partial charge in [0.2, 0.25) is 0 Å². The predicted octanol–water partition coefficient (Wildman–Crippen LogP) is 3.66. The molecule has 0 spiro atoms. The molecule has 0 aliphatic carbocycles. The highest BCUT2D eigenvalue weighted by Gasteiger charge is 2.24. The molecule has 156 valence electrons. The minimum absolute atomic E-state index is 0. The van der Waals surface area contributed by atoms with Gasteiger partial charge in [0.05, 0.1) is 12.6 Å². The van der Waals surface area contributed by atoms with E-state index in [1.165, 1.54) is 0 Å². The molecular formula is C20H38IN5O. The molecule has 0 amide bonds. The van der Waals surface area contributed by atoms with Crippen LogP contribution in [0, 0.1) is 5.41 Å². The molecule has 0 aliphatic heterocycles. The number of aromatic nitrogens is 1. The third kappa shape index (κ3) is 9.10. The van der Waals surface area contributed by atoms with Gasteiger partial charge < -0.3 is 20.3 Å². The second-order valence-corrected chi connectivity index (χ2v) is 7.36. The lowest BCUT2D eigenvalue weighted by Gasteiger charge is -2.30. The van der Waals surface area contributed by atoms with E-state index in [1.807, 2.05) is 6.20 Å². The van der Waals surface area contributed by atoms with Gasteiger partial charge in [-0.05, 0) is 37.8 Å². The van der Waals surface area contributed by atoms with Gasteiger partial charge in [0.15, 0.2) is 5.96 Å². The zero-order valence-corrected chi connectivity index (χ0v) is 20.3. The molecule has 7 heteroatoms. The Bertz CT molecular complexity index is 538. The monoisotopic (exact) mass is 491 g/mol. The van der Waals surface area contributed by atoms with Crippen molar-refractivity contribution in [3.8, 4) is 0 Å². The number of hydrogen-bond donors (Lipinski definition) is 2. The Morgan fingerprint density at radius 2 is 1.85 bits per heavy atom. The van der Waals surface area contributed by atoms with Gasteiger partial charge in [-0.3, -0.25) is 0 Å². The maximum Gasteiger partial charge on any atom is 0.191 e. The van der Waals surface area contributed by atoms with Crippen molar-refractivity contribution in [2.24, 2.45) is 10.4 Å². The van der Waals surface area contributed by atoms with Crippen LogP contribution >= 0.6 is 24.0 Å². The maximum absolute atomic E-state index is 5.60. The number of halogens is 1. The van der Waals surface area contributed by atoms with Gasteiger partial charge >= 0.3 is 0 Å². The van der Waals surface area contributed by atoms with E-state index in [1.54, 1.807) is 7.11 Å². The van der Waals surface area contributed by atoms with Crippen molar-refractivity contribution in [1.29, 1.82) is 0 Å². The Morgan fingerprint density at radius 3 is 2.30 bits per heavy atom. The Kier molecular flexibility index (Phi) is 12.6. The number of hydrogen-bond acceptors (Lipinski definition) is 4. The number of guanidine groups is 1. The van der Waals surface area contributed by atoms with E-state index in [9.17, 15) is 0 Å². The maximum atomic E-state index is 5.60. The van der Waals surface area contributed by atoms with Crippen LogP contribution in [0.15, 0.2) is 23.3 Å². The third-order valence-corrected chi connectivity index (χ3v) is 4.37. The van der Waals surface area contributed by atoms with E-state index in [0.717, 1.165) is 37.0 Å². The summed E-state index contributed by atoms with van der Waals surface area (Å²) < 4.78 is 5.60. The Hall–Kier alpha value is -1.09. The Balaban J connectivity index is 0.00000676. The number of nitrogens with zero attached hydrogens (tertiary/aromatic N) is 3. The van der Waals surface area contributed by atoms with Crippen molar-refractivity contribution in [3.05, 3.63) is 23.9 Å². The first-order valence-corrected chi connectivity index (χ1v) is 9.60. The number of nitrogens with one attached hydrogen (secondary N) is 2. The molecule has 6 nitrogen and oxygen atoms in total. The van der Waals surface area contributed by atoms with E-state index in [-0.39, 0.29) is 35.5 Å². The van der Waals surface area contributed by atoms with Crippen LogP contribution in [0.5, 0.6) is 0 Å². The van der Waals surface area contributed by atoms with Gasteiger partial charge in [0.25, 0.3) is 0 Å². The lowest BCUT2D eigenvalue weighted by Crippen LogP contribution is -2.45. The molecule has 0 aliphatic rings. The smallest absolute Gasteiger partial charge is 0.191 e. The first-order chi connectivity index (χ1) is 12.3. The molecule has 27 heavy (non-hydrogen) atoms. The van der Waals surface area contributed by atoms with E-state index in [0.29, 0.717) is 13.1 Å². The summed E-state index contributed by atoms with van der Waals surface area (Å²) >= 11 is 0. The average Bonchev–Trinajstić information content (AvgIpc) is 2.61. The highest BCUT2D eigenvalue weighted by atomic mass is 127. The van der Waals surface area contributed by atoms with Gasteiger partial charge in [-0.15, -0.1) is 24.0 Å². The van der Waals surface area contributed by atoms with Crippen molar-refractivity contribution in [2.45, 2.75) is 54.2 Å². The SMILES string of the molecule is CCNC(=NCc1ccc(N(CC)CC)nc1)NCC(OC)C(C)(C)C.I. The van der Waals surface area contributed by atoms with E-state index >= 15 is 0 Å². The summed E-state index contributed by atoms with van der Waals surface area (Å²) in [7, 11) is 1.75. The zero-order valence-electron chi connectivity index (χ0n) is 18.0. The normalized spacial score (nSPS) is 12.9. The summed E-state index contributed by atoms with van der Waals surface area (Å²) in [6.45, 7) is 16.9. The average molecular weight is 491 g/mol. The van der Waals surface area contributed by atoms with Gasteiger partial charge in [-0.2, -0.15) is 0 Å². The summed E-state index contributed by atoms with van der Waals surface area (Å²) in [5.41, 5.74) is 1.17. The second-order valence-electron chi connectivity index (χ2n) is 7.36. The molecular weight excluding hydrogens is 453 g/mol. The fourth-order valence-electron chi connectivity index (χ4n) is 2.69. The predicted molar refractivity (Wildman–Crippen MR) is 126 cm³/mol. The highest BCUT2D eigenvalue weighted by molar-refractivity contribution is 14.0. The molecule has 1 aromatic heterocycles. The quantitative estimate of drug-likeness (QED) is 0.314. The minimum atomic E-state index is 0. The van der Waals surface area contributed by atoms with Crippen molar-refractivity contribution in [1.82, 2.24) is 15.6 Å². The molecule has 0 fully saturated rings. The molecule has 0 saturated heterocycles. The summed E-state index contributed by atoms with van der Waals surface area (Å²) in [5, 5.41) is 6.67. The van der Waals surface area contributed by atoms with Crippen molar-refractivity contribution >= 4 is 35.8 Å². The van der Waals surface area contributed by atoms with Crippen LogP contribution < -0.4 is 15.5 Å². The second kappa shape index (κ2) is 13.1. The van der Waals surface area contributed by atoms with Crippen LogP contribution in [-0.2, 0) is 11.3 Å². The summed E-state index contributed by atoms with van der Waals surface area (Å²) in [5.74, 6) is 1.81. The van der Waals surface area contributed by atoms with Crippen LogP contribution in [0.3, 0.4) is 0 Å². The van der Waals surface area contributed by atoms with Crippen LogP contribution in [0.2, 0.25) is 0 Å².